The fraction of sp³-hybridized carbons (Fsp3) is 0.647. The Morgan fingerprint density at radius 3 is 2.28 bits per heavy atom. The molecule has 0 aliphatic heterocycles. The largest absolute Gasteiger partial charge is 0.393 e. The average Bonchev–Trinajstić information content (AvgIpc) is 2.40. The Kier molecular flexibility index (Phi) is 5.25. The molecule has 0 bridgehead atoms. The van der Waals surface area contributed by atoms with Gasteiger partial charge in [0.15, 0.2) is 0 Å². The van der Waals surface area contributed by atoms with Crippen LogP contribution in [0, 0.1) is 5.92 Å². The Morgan fingerprint density at radius 1 is 1.06 bits per heavy atom. The van der Waals surface area contributed by atoms with Crippen LogP contribution in [-0.2, 0) is 12.8 Å². The van der Waals surface area contributed by atoms with Gasteiger partial charge in [0.05, 0.1) is 6.10 Å². The molecule has 18 heavy (non-hydrogen) atoms. The predicted molar refractivity (Wildman–Crippen MR) is 76.7 cm³/mol. The van der Waals surface area contributed by atoms with E-state index in [9.17, 15) is 5.11 Å². The Bertz CT molecular complexity index is 335. The first-order chi connectivity index (χ1) is 8.78. The van der Waals surface area contributed by atoms with Gasteiger partial charge in [-0.1, -0.05) is 63.3 Å². The van der Waals surface area contributed by atoms with Gasteiger partial charge >= 0.3 is 0 Å². The molecule has 1 atom stereocenters. The van der Waals surface area contributed by atoms with Gasteiger partial charge in [0, 0.05) is 0 Å². The molecule has 1 nitrogen and oxygen atoms in total. The van der Waals surface area contributed by atoms with Crippen LogP contribution in [0.5, 0.6) is 0 Å². The van der Waals surface area contributed by atoms with Crippen LogP contribution in [0.15, 0.2) is 24.3 Å². The zero-order chi connectivity index (χ0) is 12.8. The summed E-state index contributed by atoms with van der Waals surface area (Å²) in [5.41, 5.74) is 2.65. The highest BCUT2D eigenvalue weighted by molar-refractivity contribution is 5.22. The van der Waals surface area contributed by atoms with Crippen molar-refractivity contribution in [2.45, 2.75) is 64.4 Å². The lowest BCUT2D eigenvalue weighted by Gasteiger charge is -2.24. The molecule has 0 spiro atoms. The molecule has 1 fully saturated rings. The van der Waals surface area contributed by atoms with Gasteiger partial charge in [0.1, 0.15) is 0 Å². The molecule has 0 aromatic heterocycles. The predicted octanol–water partition coefficient (Wildman–Crippen LogP) is 4.12. The van der Waals surface area contributed by atoms with Crippen LogP contribution < -0.4 is 0 Å². The summed E-state index contributed by atoms with van der Waals surface area (Å²) >= 11 is 0. The molecular formula is C17H26O. The van der Waals surface area contributed by atoms with Crippen molar-refractivity contribution < 1.29 is 5.11 Å². The number of aryl methyl sites for hydroxylation is 1. The van der Waals surface area contributed by atoms with Crippen LogP contribution in [0.4, 0.5) is 0 Å². The van der Waals surface area contributed by atoms with Crippen LogP contribution in [-0.4, -0.2) is 11.2 Å². The second-order valence-electron chi connectivity index (χ2n) is 5.77. The van der Waals surface area contributed by atoms with Gasteiger partial charge in [0.2, 0.25) is 0 Å². The Morgan fingerprint density at radius 2 is 1.67 bits per heavy atom. The minimum Gasteiger partial charge on any atom is -0.393 e. The maximum atomic E-state index is 10.2. The molecule has 1 saturated carbocycles. The fourth-order valence-corrected chi connectivity index (χ4v) is 3.07. The molecule has 1 aromatic carbocycles. The monoisotopic (exact) mass is 246 g/mol. The summed E-state index contributed by atoms with van der Waals surface area (Å²) in [7, 11) is 0. The number of aliphatic hydroxyl groups is 1. The Balaban J connectivity index is 1.80. The smallest absolute Gasteiger partial charge is 0.0583 e. The quantitative estimate of drug-likeness (QED) is 0.828. The van der Waals surface area contributed by atoms with E-state index in [0.29, 0.717) is 0 Å². The van der Waals surface area contributed by atoms with Crippen LogP contribution >= 0.6 is 0 Å². The van der Waals surface area contributed by atoms with E-state index in [4.69, 9.17) is 0 Å². The van der Waals surface area contributed by atoms with E-state index in [1.165, 1.54) is 43.2 Å². The number of hydrogen-bond donors (Lipinski definition) is 1. The van der Waals surface area contributed by atoms with Crippen molar-refractivity contribution in [3.05, 3.63) is 35.4 Å². The molecule has 1 unspecified atom stereocenters. The van der Waals surface area contributed by atoms with Crippen LogP contribution in [0.2, 0.25) is 0 Å². The number of aliphatic hydroxyl groups excluding tert-OH is 1. The molecule has 1 aliphatic carbocycles. The standard InChI is InChI=1S/C17H26O/c1-2-14-8-10-16(11-9-14)13-17(18)12-15-6-4-3-5-7-15/h8-11,15,17-18H,2-7,12-13H2,1H3. The SMILES string of the molecule is CCc1ccc(CC(O)CC2CCCCC2)cc1. The zero-order valence-electron chi connectivity index (χ0n) is 11.6. The fourth-order valence-electron chi connectivity index (χ4n) is 3.07. The number of rotatable bonds is 5. The van der Waals surface area contributed by atoms with E-state index < -0.39 is 0 Å². The summed E-state index contributed by atoms with van der Waals surface area (Å²) in [5, 5.41) is 10.2. The lowest BCUT2D eigenvalue weighted by Crippen LogP contribution is -2.18. The van der Waals surface area contributed by atoms with E-state index in [1.54, 1.807) is 0 Å². The van der Waals surface area contributed by atoms with Crippen LogP contribution in [0.3, 0.4) is 0 Å². The van der Waals surface area contributed by atoms with Crippen molar-refractivity contribution in [1.29, 1.82) is 0 Å². The van der Waals surface area contributed by atoms with Gasteiger partial charge in [-0.3, -0.25) is 0 Å². The van der Waals surface area contributed by atoms with Gasteiger partial charge in [-0.25, -0.2) is 0 Å². The van der Waals surface area contributed by atoms with Crippen LogP contribution in [0.25, 0.3) is 0 Å². The molecule has 100 valence electrons. The summed E-state index contributed by atoms with van der Waals surface area (Å²) in [6, 6.07) is 8.71. The third kappa shape index (κ3) is 4.13. The van der Waals surface area contributed by atoms with Gasteiger partial charge in [-0.05, 0) is 36.3 Å². The van der Waals surface area contributed by atoms with Crippen molar-refractivity contribution in [3.63, 3.8) is 0 Å². The van der Waals surface area contributed by atoms with Crippen molar-refractivity contribution in [2.75, 3.05) is 0 Å². The Hall–Kier alpha value is -0.820. The maximum absolute atomic E-state index is 10.2. The molecule has 0 heterocycles. The van der Waals surface area contributed by atoms with E-state index in [0.717, 1.165) is 25.2 Å². The molecule has 1 aromatic rings. The minimum atomic E-state index is -0.152. The first-order valence-corrected chi connectivity index (χ1v) is 7.54. The van der Waals surface area contributed by atoms with Crippen molar-refractivity contribution in [1.82, 2.24) is 0 Å². The normalized spacial score (nSPS) is 18.8. The summed E-state index contributed by atoms with van der Waals surface area (Å²) in [4.78, 5) is 0. The van der Waals surface area contributed by atoms with E-state index in [-0.39, 0.29) is 6.10 Å². The van der Waals surface area contributed by atoms with Crippen LogP contribution in [0.1, 0.15) is 56.6 Å². The van der Waals surface area contributed by atoms with Gasteiger partial charge in [-0.15, -0.1) is 0 Å². The second-order valence-corrected chi connectivity index (χ2v) is 5.77. The first-order valence-electron chi connectivity index (χ1n) is 7.54. The molecule has 1 heteroatoms. The van der Waals surface area contributed by atoms with E-state index in [2.05, 4.69) is 31.2 Å². The third-order valence-electron chi connectivity index (χ3n) is 4.23. The lowest BCUT2D eigenvalue weighted by molar-refractivity contribution is 0.130. The van der Waals surface area contributed by atoms with Crippen molar-refractivity contribution >= 4 is 0 Å². The molecule has 0 amide bonds. The molecule has 0 saturated heterocycles. The first kappa shape index (κ1) is 13.6. The van der Waals surface area contributed by atoms with E-state index in [1.807, 2.05) is 0 Å². The summed E-state index contributed by atoms with van der Waals surface area (Å²) in [6.07, 6.45) is 9.52. The third-order valence-corrected chi connectivity index (χ3v) is 4.23. The second kappa shape index (κ2) is 6.94. The zero-order valence-corrected chi connectivity index (χ0v) is 11.6. The van der Waals surface area contributed by atoms with Gasteiger partial charge in [0.25, 0.3) is 0 Å². The topological polar surface area (TPSA) is 20.2 Å². The summed E-state index contributed by atoms with van der Waals surface area (Å²) in [6.45, 7) is 2.17. The molecule has 0 radical (unpaired) electrons. The Labute approximate surface area is 111 Å². The lowest BCUT2D eigenvalue weighted by atomic mass is 9.84. The van der Waals surface area contributed by atoms with Gasteiger partial charge < -0.3 is 5.11 Å². The molecule has 1 aliphatic rings. The van der Waals surface area contributed by atoms with Crippen molar-refractivity contribution in [3.8, 4) is 0 Å². The van der Waals surface area contributed by atoms with Crippen molar-refractivity contribution in [2.24, 2.45) is 5.92 Å². The molecule has 1 N–H and O–H groups in total. The minimum absolute atomic E-state index is 0.152. The highest BCUT2D eigenvalue weighted by Gasteiger charge is 2.17. The number of benzene rings is 1. The summed E-state index contributed by atoms with van der Waals surface area (Å²) < 4.78 is 0. The highest BCUT2D eigenvalue weighted by Crippen LogP contribution is 2.28. The summed E-state index contributed by atoms with van der Waals surface area (Å²) in [5.74, 6) is 0.767. The van der Waals surface area contributed by atoms with E-state index >= 15 is 0 Å². The maximum Gasteiger partial charge on any atom is 0.0583 e. The molecular weight excluding hydrogens is 220 g/mol. The number of hydrogen-bond acceptors (Lipinski definition) is 1. The average molecular weight is 246 g/mol. The molecule has 2 rings (SSSR count). The highest BCUT2D eigenvalue weighted by atomic mass is 16.3. The van der Waals surface area contributed by atoms with Gasteiger partial charge in [-0.2, -0.15) is 0 Å².